The summed E-state index contributed by atoms with van der Waals surface area (Å²) in [6.07, 6.45) is 4.80. The predicted octanol–water partition coefficient (Wildman–Crippen LogP) is 10.7. The molecule has 0 radical (unpaired) electrons. The maximum absolute atomic E-state index is 5.47. The zero-order chi connectivity index (χ0) is 29.2. The second-order valence-electron chi connectivity index (χ2n) is 12.6. The third kappa shape index (κ3) is 5.50. The lowest BCUT2D eigenvalue weighted by atomic mass is 9.71. The molecule has 2 aromatic heterocycles. The zero-order valence-electron chi connectivity index (χ0n) is 25.1. The molecule has 212 valence electrons. The van der Waals surface area contributed by atoms with E-state index in [1.807, 2.05) is 0 Å². The second-order valence-corrected chi connectivity index (χ2v) is 12.6. The molecule has 0 N–H and O–H groups in total. The van der Waals surface area contributed by atoms with E-state index in [1.54, 1.807) is 0 Å². The van der Waals surface area contributed by atoms with Gasteiger partial charge < -0.3 is 0 Å². The van der Waals surface area contributed by atoms with Gasteiger partial charge in [0, 0.05) is 16.5 Å². The normalized spacial score (nSPS) is 17.2. The number of hydrogen-bond donors (Lipinski definition) is 0. The fourth-order valence-electron chi connectivity index (χ4n) is 6.98. The van der Waals surface area contributed by atoms with Crippen molar-refractivity contribution < 1.29 is 0 Å². The number of pyridine rings is 2. The van der Waals surface area contributed by atoms with Crippen LogP contribution >= 0.6 is 0 Å². The van der Waals surface area contributed by atoms with Gasteiger partial charge in [-0.05, 0) is 85.0 Å². The summed E-state index contributed by atoms with van der Waals surface area (Å²) in [6, 6.07) is 47.9. The quantitative estimate of drug-likeness (QED) is 0.203. The fraction of sp³-hybridized carbons (Fsp3) is 0.220. The van der Waals surface area contributed by atoms with Crippen molar-refractivity contribution in [2.75, 3.05) is 0 Å². The van der Waals surface area contributed by atoms with Crippen molar-refractivity contribution >= 4 is 10.8 Å². The maximum Gasteiger partial charge on any atom is 0.0705 e. The highest BCUT2D eigenvalue weighted by Gasteiger charge is 2.34. The largest absolute Gasteiger partial charge is 0.252 e. The van der Waals surface area contributed by atoms with Gasteiger partial charge in [-0.25, -0.2) is 0 Å². The van der Waals surface area contributed by atoms with Crippen LogP contribution in [0.4, 0.5) is 0 Å². The molecule has 2 unspecified atom stereocenters. The van der Waals surface area contributed by atoms with Gasteiger partial charge in [-0.15, -0.1) is 0 Å². The lowest BCUT2D eigenvalue weighted by Crippen LogP contribution is -2.26. The molecule has 1 saturated carbocycles. The van der Waals surface area contributed by atoms with Crippen molar-refractivity contribution in [3.05, 3.63) is 156 Å². The van der Waals surface area contributed by atoms with Crippen LogP contribution in [-0.2, 0) is 5.41 Å². The van der Waals surface area contributed by atoms with Crippen LogP contribution < -0.4 is 0 Å². The summed E-state index contributed by atoms with van der Waals surface area (Å²) < 4.78 is 0. The molecule has 2 nitrogen and oxygen atoms in total. The molecule has 0 bridgehead atoms. The molecule has 2 heteroatoms. The molecule has 7 rings (SSSR count). The topological polar surface area (TPSA) is 25.8 Å². The number of hydrogen-bond acceptors (Lipinski definition) is 2. The molecule has 43 heavy (non-hydrogen) atoms. The minimum absolute atomic E-state index is 0.374. The summed E-state index contributed by atoms with van der Waals surface area (Å²) in [5.41, 5.74) is 8.98. The summed E-state index contributed by atoms with van der Waals surface area (Å²) in [6.45, 7) is 4.60. The Kier molecular flexibility index (Phi) is 7.37. The van der Waals surface area contributed by atoms with Gasteiger partial charge in [0.2, 0.25) is 0 Å². The lowest BCUT2D eigenvalue weighted by molar-refractivity contribution is 0.388. The summed E-state index contributed by atoms with van der Waals surface area (Å²) in [4.78, 5) is 10.7. The molecule has 1 aliphatic rings. The Morgan fingerprint density at radius 2 is 1.21 bits per heavy atom. The molecule has 6 aromatic rings. The number of rotatable bonds is 6. The fourth-order valence-corrected chi connectivity index (χ4v) is 6.98. The van der Waals surface area contributed by atoms with E-state index in [4.69, 9.17) is 9.97 Å². The van der Waals surface area contributed by atoms with E-state index in [2.05, 4.69) is 147 Å². The van der Waals surface area contributed by atoms with Crippen molar-refractivity contribution in [1.29, 1.82) is 0 Å². The first-order valence-corrected chi connectivity index (χ1v) is 15.6. The molecule has 1 fully saturated rings. The van der Waals surface area contributed by atoms with Crippen LogP contribution in [-0.4, -0.2) is 9.97 Å². The van der Waals surface area contributed by atoms with E-state index in [-0.39, 0.29) is 5.41 Å². The number of aromatic nitrogens is 2. The van der Waals surface area contributed by atoms with E-state index in [9.17, 15) is 0 Å². The number of fused-ring (bicyclic) bond motifs is 1. The van der Waals surface area contributed by atoms with Gasteiger partial charge in [0.05, 0.1) is 22.8 Å². The molecule has 2 atom stereocenters. The SMILES string of the molecule is CC(C)(c1cccc(-c2ccccc2)n1)c1nc(-c2ccccc2)ccc1C1CCCC(c2ccc3ccccc3c2)C1. The molecule has 0 saturated heterocycles. The summed E-state index contributed by atoms with van der Waals surface area (Å²) >= 11 is 0. The third-order valence-electron chi connectivity index (χ3n) is 9.41. The van der Waals surface area contributed by atoms with E-state index in [0.29, 0.717) is 11.8 Å². The minimum Gasteiger partial charge on any atom is -0.252 e. The Labute approximate surface area is 255 Å². The molecule has 0 amide bonds. The molecule has 0 aliphatic heterocycles. The highest BCUT2D eigenvalue weighted by Crippen LogP contribution is 2.45. The van der Waals surface area contributed by atoms with Gasteiger partial charge >= 0.3 is 0 Å². The van der Waals surface area contributed by atoms with E-state index in [1.165, 1.54) is 41.2 Å². The zero-order valence-corrected chi connectivity index (χ0v) is 25.1. The van der Waals surface area contributed by atoms with Crippen molar-refractivity contribution in [2.24, 2.45) is 0 Å². The smallest absolute Gasteiger partial charge is 0.0705 e. The highest BCUT2D eigenvalue weighted by atomic mass is 14.8. The maximum atomic E-state index is 5.47. The Morgan fingerprint density at radius 3 is 1.95 bits per heavy atom. The second kappa shape index (κ2) is 11.6. The molecule has 0 spiro atoms. The number of nitrogens with zero attached hydrogens (tertiary/aromatic N) is 2. The van der Waals surface area contributed by atoms with Crippen LogP contribution in [0.25, 0.3) is 33.3 Å². The first kappa shape index (κ1) is 27.3. The van der Waals surface area contributed by atoms with Gasteiger partial charge in [-0.3, -0.25) is 9.97 Å². The van der Waals surface area contributed by atoms with Crippen LogP contribution in [0.5, 0.6) is 0 Å². The Bertz CT molecular complexity index is 1860. The van der Waals surface area contributed by atoms with Gasteiger partial charge in [0.25, 0.3) is 0 Å². The average Bonchev–Trinajstić information content (AvgIpc) is 3.08. The van der Waals surface area contributed by atoms with E-state index in [0.717, 1.165) is 40.3 Å². The summed E-state index contributed by atoms with van der Waals surface area (Å²) in [7, 11) is 0. The standard InChI is InChI=1S/C41H38N2/c1-41(2,39-22-12-21-37(42-39)30-14-5-3-6-15-30)40-36(25-26-38(43-40)31-16-7-4-8-17-31)35-20-11-19-33(28-35)34-24-23-29-13-9-10-18-32(29)27-34/h3-10,12-18,21-27,33,35H,11,19-20,28H2,1-2H3. The van der Waals surface area contributed by atoms with Crippen LogP contribution in [0.2, 0.25) is 0 Å². The van der Waals surface area contributed by atoms with E-state index >= 15 is 0 Å². The predicted molar refractivity (Wildman–Crippen MR) is 179 cm³/mol. The van der Waals surface area contributed by atoms with Crippen LogP contribution in [0.15, 0.2) is 133 Å². The van der Waals surface area contributed by atoms with Gasteiger partial charge in [0.15, 0.2) is 0 Å². The molecular weight excluding hydrogens is 520 g/mol. The van der Waals surface area contributed by atoms with Gasteiger partial charge in [-0.1, -0.05) is 122 Å². The first-order valence-electron chi connectivity index (χ1n) is 15.6. The number of benzene rings is 4. The van der Waals surface area contributed by atoms with Crippen molar-refractivity contribution in [3.63, 3.8) is 0 Å². The Balaban J connectivity index is 1.29. The summed E-state index contributed by atoms with van der Waals surface area (Å²) in [5, 5.41) is 2.65. The highest BCUT2D eigenvalue weighted by molar-refractivity contribution is 5.83. The van der Waals surface area contributed by atoms with Crippen molar-refractivity contribution in [3.8, 4) is 22.5 Å². The molecule has 4 aromatic carbocycles. The average molecular weight is 559 g/mol. The first-order chi connectivity index (χ1) is 21.1. The Hall–Kier alpha value is -4.56. The van der Waals surface area contributed by atoms with Gasteiger partial charge in [0.1, 0.15) is 0 Å². The van der Waals surface area contributed by atoms with Crippen LogP contribution in [0, 0.1) is 0 Å². The molecule has 2 heterocycles. The van der Waals surface area contributed by atoms with Gasteiger partial charge in [-0.2, -0.15) is 0 Å². The minimum atomic E-state index is -0.374. The lowest BCUT2D eigenvalue weighted by Gasteiger charge is -2.34. The van der Waals surface area contributed by atoms with Crippen molar-refractivity contribution in [1.82, 2.24) is 9.97 Å². The molecular formula is C41H38N2. The molecule has 1 aliphatic carbocycles. The van der Waals surface area contributed by atoms with Crippen molar-refractivity contribution in [2.45, 2.75) is 56.8 Å². The monoisotopic (exact) mass is 558 g/mol. The van der Waals surface area contributed by atoms with Crippen LogP contribution in [0.3, 0.4) is 0 Å². The third-order valence-corrected chi connectivity index (χ3v) is 9.41. The summed E-state index contributed by atoms with van der Waals surface area (Å²) in [5.74, 6) is 1.00. The Morgan fingerprint density at radius 1 is 0.558 bits per heavy atom. The van der Waals surface area contributed by atoms with E-state index < -0.39 is 0 Å². The van der Waals surface area contributed by atoms with Crippen LogP contribution in [0.1, 0.15) is 73.9 Å².